The van der Waals surface area contributed by atoms with E-state index in [9.17, 15) is 0 Å². The van der Waals surface area contributed by atoms with Crippen LogP contribution < -0.4 is 5.73 Å². The zero-order chi connectivity index (χ0) is 14.2. The van der Waals surface area contributed by atoms with E-state index in [0.29, 0.717) is 5.82 Å². The lowest BCUT2D eigenvalue weighted by atomic mass is 9.95. The maximum absolute atomic E-state index is 6.02. The molecule has 0 fully saturated rings. The molecule has 19 heavy (non-hydrogen) atoms. The molecule has 0 aliphatic rings. The molecule has 2 N–H and O–H groups in total. The molecule has 4 heteroatoms. The van der Waals surface area contributed by atoms with Crippen LogP contribution in [-0.2, 0) is 5.41 Å². The van der Waals surface area contributed by atoms with E-state index in [1.54, 1.807) is 0 Å². The summed E-state index contributed by atoms with van der Waals surface area (Å²) in [5.41, 5.74) is 9.75. The van der Waals surface area contributed by atoms with Gasteiger partial charge in [-0.25, -0.2) is 9.97 Å². The minimum atomic E-state index is -0.131. The van der Waals surface area contributed by atoms with Crippen molar-refractivity contribution in [3.63, 3.8) is 0 Å². The van der Waals surface area contributed by atoms with Gasteiger partial charge in [0.25, 0.3) is 0 Å². The van der Waals surface area contributed by atoms with Gasteiger partial charge in [-0.3, -0.25) is 4.98 Å². The number of anilines is 1. The van der Waals surface area contributed by atoms with Crippen LogP contribution >= 0.6 is 0 Å². The van der Waals surface area contributed by atoms with E-state index in [1.807, 2.05) is 26.2 Å². The lowest BCUT2D eigenvalue weighted by molar-refractivity contribution is 0.546. The summed E-state index contributed by atoms with van der Waals surface area (Å²) in [5.74, 6) is 1.29. The number of hydrogen-bond acceptors (Lipinski definition) is 4. The van der Waals surface area contributed by atoms with Crippen molar-refractivity contribution in [1.29, 1.82) is 0 Å². The maximum atomic E-state index is 6.02. The number of hydrogen-bond donors (Lipinski definition) is 1. The molecule has 0 spiro atoms. The van der Waals surface area contributed by atoms with Gasteiger partial charge in [0.1, 0.15) is 11.6 Å². The number of nitrogens with zero attached hydrogens (tertiary/aromatic N) is 3. The van der Waals surface area contributed by atoms with E-state index in [2.05, 4.69) is 41.8 Å². The Morgan fingerprint density at radius 1 is 1.05 bits per heavy atom. The Bertz CT molecular complexity index is 612. The van der Waals surface area contributed by atoms with Crippen LogP contribution in [0.3, 0.4) is 0 Å². The van der Waals surface area contributed by atoms with Crippen LogP contribution in [0.1, 0.15) is 37.7 Å². The number of pyridine rings is 1. The quantitative estimate of drug-likeness (QED) is 0.851. The summed E-state index contributed by atoms with van der Waals surface area (Å²) in [5, 5.41) is 0. The summed E-state index contributed by atoms with van der Waals surface area (Å²) in [6, 6.07) is 2.06. The topological polar surface area (TPSA) is 64.7 Å². The highest BCUT2D eigenvalue weighted by atomic mass is 15.0. The lowest BCUT2D eigenvalue weighted by Gasteiger charge is -2.19. The number of aromatic nitrogens is 3. The first-order valence-corrected chi connectivity index (χ1v) is 6.35. The average Bonchev–Trinajstić information content (AvgIpc) is 2.31. The number of nitrogens with two attached hydrogens (primary N) is 1. The summed E-state index contributed by atoms with van der Waals surface area (Å²) < 4.78 is 0. The van der Waals surface area contributed by atoms with Crippen molar-refractivity contribution in [1.82, 2.24) is 15.0 Å². The van der Waals surface area contributed by atoms with E-state index >= 15 is 0 Å². The Labute approximate surface area is 114 Å². The molecule has 0 radical (unpaired) electrons. The van der Waals surface area contributed by atoms with Gasteiger partial charge in [0.2, 0.25) is 0 Å². The normalized spacial score (nSPS) is 11.6. The van der Waals surface area contributed by atoms with Crippen LogP contribution in [0.25, 0.3) is 11.3 Å². The Balaban J connectivity index is 2.66. The highest BCUT2D eigenvalue weighted by Gasteiger charge is 2.21. The molecule has 0 bridgehead atoms. The molecule has 0 atom stereocenters. The Hall–Kier alpha value is -1.97. The summed E-state index contributed by atoms with van der Waals surface area (Å²) >= 11 is 0. The predicted molar refractivity (Wildman–Crippen MR) is 77.8 cm³/mol. The molecule has 2 aromatic rings. The molecular formula is C15H20N4. The van der Waals surface area contributed by atoms with Crippen LogP contribution in [0.5, 0.6) is 0 Å². The van der Waals surface area contributed by atoms with E-state index < -0.39 is 0 Å². The van der Waals surface area contributed by atoms with Crippen molar-refractivity contribution in [2.75, 3.05) is 5.73 Å². The fourth-order valence-corrected chi connectivity index (χ4v) is 1.83. The largest absolute Gasteiger partial charge is 0.383 e. The number of nitrogen functional groups attached to an aromatic ring is 1. The second-order valence-electron chi connectivity index (χ2n) is 5.91. The summed E-state index contributed by atoms with van der Waals surface area (Å²) in [6.07, 6.45) is 3.64. The van der Waals surface area contributed by atoms with E-state index in [-0.39, 0.29) is 5.41 Å². The van der Waals surface area contributed by atoms with Crippen LogP contribution in [0.2, 0.25) is 0 Å². The van der Waals surface area contributed by atoms with Gasteiger partial charge in [-0.2, -0.15) is 0 Å². The molecule has 0 unspecified atom stereocenters. The molecule has 4 nitrogen and oxygen atoms in total. The molecule has 100 valence electrons. The third kappa shape index (κ3) is 2.72. The van der Waals surface area contributed by atoms with Crippen molar-refractivity contribution < 1.29 is 0 Å². The van der Waals surface area contributed by atoms with E-state index in [0.717, 1.165) is 28.2 Å². The summed E-state index contributed by atoms with van der Waals surface area (Å²) in [7, 11) is 0. The monoisotopic (exact) mass is 256 g/mol. The lowest BCUT2D eigenvalue weighted by Crippen LogP contribution is -2.18. The van der Waals surface area contributed by atoms with Crippen LogP contribution in [0.4, 0.5) is 5.82 Å². The molecule has 2 rings (SSSR count). The molecule has 0 saturated heterocycles. The second kappa shape index (κ2) is 4.61. The van der Waals surface area contributed by atoms with Gasteiger partial charge in [0.05, 0.1) is 5.69 Å². The van der Waals surface area contributed by atoms with Gasteiger partial charge in [-0.15, -0.1) is 0 Å². The molecule has 2 aromatic heterocycles. The Morgan fingerprint density at radius 3 is 2.32 bits per heavy atom. The first-order valence-electron chi connectivity index (χ1n) is 6.35. The van der Waals surface area contributed by atoms with E-state index in [1.165, 1.54) is 0 Å². The van der Waals surface area contributed by atoms with Gasteiger partial charge in [0.15, 0.2) is 0 Å². The zero-order valence-electron chi connectivity index (χ0n) is 12.2. The molecule has 2 heterocycles. The van der Waals surface area contributed by atoms with Crippen LogP contribution in [0.15, 0.2) is 18.5 Å². The Morgan fingerprint density at radius 2 is 1.74 bits per heavy atom. The fourth-order valence-electron chi connectivity index (χ4n) is 1.83. The van der Waals surface area contributed by atoms with E-state index in [4.69, 9.17) is 5.73 Å². The van der Waals surface area contributed by atoms with Gasteiger partial charge in [0, 0.05) is 28.9 Å². The molecule has 0 aliphatic heterocycles. The highest BCUT2D eigenvalue weighted by Crippen LogP contribution is 2.28. The molecule has 0 aliphatic carbocycles. The fraction of sp³-hybridized carbons (Fsp3) is 0.400. The molecular weight excluding hydrogens is 236 g/mol. The van der Waals surface area contributed by atoms with Crippen LogP contribution in [-0.4, -0.2) is 15.0 Å². The highest BCUT2D eigenvalue weighted by molar-refractivity contribution is 5.67. The van der Waals surface area contributed by atoms with Crippen LogP contribution in [0, 0.1) is 13.8 Å². The summed E-state index contributed by atoms with van der Waals surface area (Å²) in [4.78, 5) is 13.3. The smallest absolute Gasteiger partial charge is 0.136 e. The van der Waals surface area contributed by atoms with Gasteiger partial charge >= 0.3 is 0 Å². The maximum Gasteiger partial charge on any atom is 0.136 e. The second-order valence-corrected chi connectivity index (χ2v) is 5.91. The van der Waals surface area contributed by atoms with Gasteiger partial charge in [-0.05, 0) is 25.5 Å². The minimum absolute atomic E-state index is 0.131. The standard InChI is InChI=1S/C15H20N4/c1-9-6-11(8-17-7-9)12-10(2)13(16)19-14(18-12)15(3,4)5/h6-8H,1-5H3,(H2,16,18,19). The van der Waals surface area contributed by atoms with Crippen molar-refractivity contribution in [2.45, 2.75) is 40.0 Å². The average molecular weight is 256 g/mol. The molecule has 0 saturated carbocycles. The number of rotatable bonds is 1. The van der Waals surface area contributed by atoms with Crippen molar-refractivity contribution in [3.8, 4) is 11.3 Å². The number of aryl methyl sites for hydroxylation is 1. The Kier molecular flexibility index (Phi) is 3.27. The first kappa shape index (κ1) is 13.5. The molecule has 0 aromatic carbocycles. The van der Waals surface area contributed by atoms with Crippen molar-refractivity contribution >= 4 is 5.82 Å². The van der Waals surface area contributed by atoms with Gasteiger partial charge in [-0.1, -0.05) is 20.8 Å². The minimum Gasteiger partial charge on any atom is -0.383 e. The third-order valence-corrected chi connectivity index (χ3v) is 3.00. The summed E-state index contributed by atoms with van der Waals surface area (Å²) in [6.45, 7) is 10.2. The van der Waals surface area contributed by atoms with Crippen molar-refractivity contribution in [2.24, 2.45) is 0 Å². The van der Waals surface area contributed by atoms with Crippen molar-refractivity contribution in [3.05, 3.63) is 35.4 Å². The van der Waals surface area contributed by atoms with Gasteiger partial charge < -0.3 is 5.73 Å². The predicted octanol–water partition coefficient (Wildman–Crippen LogP) is 3.04. The SMILES string of the molecule is Cc1cncc(-c2nc(C(C)(C)C)nc(N)c2C)c1. The molecule has 0 amide bonds. The third-order valence-electron chi connectivity index (χ3n) is 3.00. The zero-order valence-corrected chi connectivity index (χ0v) is 12.2. The first-order chi connectivity index (χ1) is 8.79.